The third-order valence-corrected chi connectivity index (χ3v) is 9.05. The van der Waals surface area contributed by atoms with Crippen molar-refractivity contribution in [3.05, 3.63) is 145 Å². The number of benzene rings is 6. The van der Waals surface area contributed by atoms with Gasteiger partial charge in [0.1, 0.15) is 13.2 Å². The third kappa shape index (κ3) is 6.43. The predicted molar refractivity (Wildman–Crippen MR) is 199 cm³/mol. The highest BCUT2D eigenvalue weighted by Gasteiger charge is 2.28. The van der Waals surface area contributed by atoms with Crippen LogP contribution in [0, 0.1) is 0 Å². The summed E-state index contributed by atoms with van der Waals surface area (Å²) in [6.45, 7) is 0.666. The van der Waals surface area contributed by atoms with Crippen molar-refractivity contribution in [3.8, 4) is 11.1 Å². The molecule has 50 heavy (non-hydrogen) atoms. The first-order valence-corrected chi connectivity index (χ1v) is 16.7. The Hall–Kier alpha value is -6.28. The van der Waals surface area contributed by atoms with Crippen molar-refractivity contribution in [3.63, 3.8) is 0 Å². The molecule has 2 atom stereocenters. The Labute approximate surface area is 289 Å². The van der Waals surface area contributed by atoms with Crippen LogP contribution in [0.15, 0.2) is 143 Å². The molecule has 2 N–H and O–H groups in total. The van der Waals surface area contributed by atoms with E-state index in [0.29, 0.717) is 37.4 Å². The lowest BCUT2D eigenvalue weighted by Gasteiger charge is -2.20. The fourth-order valence-corrected chi connectivity index (χ4v) is 6.70. The average Bonchev–Trinajstić information content (AvgIpc) is 3.83. The highest BCUT2D eigenvalue weighted by Crippen LogP contribution is 2.43. The molecule has 2 aliphatic heterocycles. The monoisotopic (exact) mass is 658 g/mol. The second-order valence-corrected chi connectivity index (χ2v) is 12.5. The van der Waals surface area contributed by atoms with Gasteiger partial charge in [0.2, 0.25) is 0 Å². The topological polar surface area (TPSA) is 101 Å². The number of anilines is 2. The zero-order valence-electron chi connectivity index (χ0n) is 27.2. The smallest absolute Gasteiger partial charge is 0.310 e. The molecule has 0 bridgehead atoms. The Bertz CT molecular complexity index is 2120. The zero-order chi connectivity index (χ0) is 33.9. The van der Waals surface area contributed by atoms with E-state index in [9.17, 15) is 9.59 Å². The van der Waals surface area contributed by atoms with Crippen LogP contribution in [0.4, 0.5) is 11.4 Å². The van der Waals surface area contributed by atoms with Gasteiger partial charge >= 0.3 is 11.8 Å². The Morgan fingerprint density at radius 1 is 0.520 bits per heavy atom. The van der Waals surface area contributed by atoms with Crippen LogP contribution in [0.5, 0.6) is 0 Å². The van der Waals surface area contributed by atoms with Crippen LogP contribution in [-0.4, -0.2) is 48.9 Å². The van der Waals surface area contributed by atoms with Gasteiger partial charge in [-0.05, 0) is 57.6 Å². The fraction of sp³-hybridized carbons (Fsp3) is 0.143. The number of aliphatic imine (C=N–C) groups is 2. The number of rotatable bonds is 9. The lowest BCUT2D eigenvalue weighted by atomic mass is 9.91. The maximum atomic E-state index is 13.7. The summed E-state index contributed by atoms with van der Waals surface area (Å²) in [5, 5.41) is 9.98. The number of amides is 2. The number of carbonyl (C=O) groups excluding carboxylic acids is 2. The van der Waals surface area contributed by atoms with E-state index >= 15 is 0 Å². The number of nitrogens with one attached hydrogen (secondary N) is 2. The lowest BCUT2D eigenvalue weighted by molar-refractivity contribution is -0.112. The summed E-state index contributed by atoms with van der Waals surface area (Å²) in [5.41, 5.74) is 4.92. The van der Waals surface area contributed by atoms with E-state index in [4.69, 9.17) is 9.47 Å². The summed E-state index contributed by atoms with van der Waals surface area (Å²) in [6, 6.07) is 43.5. The number of ether oxygens (including phenoxy) is 2. The van der Waals surface area contributed by atoms with Crippen molar-refractivity contribution >= 4 is 56.5 Å². The van der Waals surface area contributed by atoms with Crippen LogP contribution in [0.25, 0.3) is 32.7 Å². The molecule has 0 saturated carbocycles. The van der Waals surface area contributed by atoms with Gasteiger partial charge < -0.3 is 20.1 Å². The van der Waals surface area contributed by atoms with E-state index in [-0.39, 0.29) is 23.9 Å². The van der Waals surface area contributed by atoms with Gasteiger partial charge in [-0.15, -0.1) is 0 Å². The van der Waals surface area contributed by atoms with E-state index in [2.05, 4.69) is 20.6 Å². The molecule has 0 aliphatic carbocycles. The molecule has 0 fully saturated rings. The van der Waals surface area contributed by atoms with Gasteiger partial charge in [0, 0.05) is 22.5 Å². The molecule has 6 aromatic rings. The number of fused-ring (bicyclic) bond motifs is 2. The molecule has 6 aromatic carbocycles. The molecule has 2 aliphatic rings. The van der Waals surface area contributed by atoms with E-state index in [1.165, 1.54) is 0 Å². The molecule has 246 valence electrons. The first-order chi connectivity index (χ1) is 24.6. The quantitative estimate of drug-likeness (QED) is 0.167. The van der Waals surface area contributed by atoms with Crippen molar-refractivity contribution in [1.82, 2.24) is 0 Å². The molecule has 0 saturated heterocycles. The third-order valence-electron chi connectivity index (χ3n) is 9.05. The van der Waals surface area contributed by atoms with Crippen molar-refractivity contribution in [1.29, 1.82) is 0 Å². The Kier molecular flexibility index (Phi) is 8.49. The Balaban J connectivity index is 1.15. The summed E-state index contributed by atoms with van der Waals surface area (Å²) in [4.78, 5) is 36.7. The van der Waals surface area contributed by atoms with Crippen LogP contribution >= 0.6 is 0 Å². The van der Waals surface area contributed by atoms with Crippen molar-refractivity contribution < 1.29 is 19.1 Å². The SMILES string of the molecule is O=C(Nc1ccc2ccccc2c1-c1c(NC(=O)C2=N[C@@H](Cc3ccccc3)CO2)ccc2ccccc12)C1=N[C@@H](Cc2ccccc2)CO1. The van der Waals surface area contributed by atoms with E-state index in [0.717, 1.165) is 43.8 Å². The molecule has 8 rings (SSSR count). The van der Waals surface area contributed by atoms with Crippen molar-refractivity contribution in [2.75, 3.05) is 23.8 Å². The van der Waals surface area contributed by atoms with Gasteiger partial charge in [-0.25, -0.2) is 9.98 Å². The van der Waals surface area contributed by atoms with Crippen LogP contribution in [-0.2, 0) is 31.9 Å². The first kappa shape index (κ1) is 31.0. The lowest BCUT2D eigenvalue weighted by Crippen LogP contribution is -2.24. The summed E-state index contributed by atoms with van der Waals surface area (Å²) >= 11 is 0. The molecule has 8 nitrogen and oxygen atoms in total. The van der Waals surface area contributed by atoms with Gasteiger partial charge in [0.15, 0.2) is 0 Å². The summed E-state index contributed by atoms with van der Waals surface area (Å²) in [6.07, 6.45) is 1.36. The van der Waals surface area contributed by atoms with Crippen molar-refractivity contribution in [2.45, 2.75) is 24.9 Å². The van der Waals surface area contributed by atoms with Crippen LogP contribution < -0.4 is 10.6 Å². The standard InChI is InChI=1S/C42H34N4O4/c47-39(41-43-31(25-49-41)23-27-11-3-1-4-12-27)45-35-21-19-29-15-7-9-17-33(29)37(35)38-34-18-10-8-16-30(34)20-22-36(38)46-40(48)42-44-32(26-50-42)24-28-13-5-2-6-14-28/h1-22,31-32H,23-26H2,(H,45,47)(H,46,48)/t31-,32-/m0/s1. The van der Waals surface area contributed by atoms with Gasteiger partial charge in [-0.3, -0.25) is 9.59 Å². The van der Waals surface area contributed by atoms with Gasteiger partial charge in [-0.2, -0.15) is 0 Å². The molecule has 0 aromatic heterocycles. The first-order valence-electron chi connectivity index (χ1n) is 16.7. The molecule has 0 spiro atoms. The largest absolute Gasteiger partial charge is 0.472 e. The van der Waals surface area contributed by atoms with Gasteiger partial charge in [0.05, 0.1) is 12.1 Å². The normalized spacial score (nSPS) is 16.7. The number of nitrogens with zero attached hydrogens (tertiary/aromatic N) is 2. The molecule has 0 radical (unpaired) electrons. The number of hydrogen-bond donors (Lipinski definition) is 2. The molecule has 8 heteroatoms. The second kappa shape index (κ2) is 13.7. The second-order valence-electron chi connectivity index (χ2n) is 12.5. The minimum absolute atomic E-state index is 0.0536. The minimum Gasteiger partial charge on any atom is -0.472 e. The molecule has 2 amide bonds. The highest BCUT2D eigenvalue weighted by atomic mass is 16.5. The zero-order valence-corrected chi connectivity index (χ0v) is 27.2. The van der Waals surface area contributed by atoms with E-state index in [1.54, 1.807) is 0 Å². The number of hydrogen-bond acceptors (Lipinski definition) is 6. The predicted octanol–water partition coefficient (Wildman–Crippen LogP) is 7.62. The van der Waals surface area contributed by atoms with Crippen LogP contribution in [0.1, 0.15) is 11.1 Å². The molecule has 0 unspecified atom stereocenters. The number of carbonyl (C=O) groups is 2. The van der Waals surface area contributed by atoms with Gasteiger partial charge in [-0.1, -0.05) is 121 Å². The van der Waals surface area contributed by atoms with E-state index < -0.39 is 11.8 Å². The maximum Gasteiger partial charge on any atom is 0.310 e. The average molecular weight is 659 g/mol. The van der Waals surface area contributed by atoms with Crippen LogP contribution in [0.2, 0.25) is 0 Å². The van der Waals surface area contributed by atoms with Gasteiger partial charge in [0.25, 0.3) is 11.8 Å². The highest BCUT2D eigenvalue weighted by molar-refractivity contribution is 6.42. The van der Waals surface area contributed by atoms with Crippen molar-refractivity contribution in [2.24, 2.45) is 9.98 Å². The molecular formula is C42H34N4O4. The Morgan fingerprint density at radius 2 is 0.920 bits per heavy atom. The summed E-state index contributed by atoms with van der Waals surface area (Å²) < 4.78 is 11.6. The van der Waals surface area contributed by atoms with Crippen LogP contribution in [0.3, 0.4) is 0 Å². The van der Waals surface area contributed by atoms with E-state index in [1.807, 2.05) is 133 Å². The Morgan fingerprint density at radius 3 is 1.36 bits per heavy atom. The molecule has 2 heterocycles. The maximum absolute atomic E-state index is 13.7. The fourth-order valence-electron chi connectivity index (χ4n) is 6.70. The summed E-state index contributed by atoms with van der Waals surface area (Å²) in [5.74, 6) is -0.752. The molecular weight excluding hydrogens is 624 g/mol. The minimum atomic E-state index is -0.430. The summed E-state index contributed by atoms with van der Waals surface area (Å²) in [7, 11) is 0.